The van der Waals surface area contributed by atoms with E-state index in [1.165, 1.54) is 5.56 Å². The highest BCUT2D eigenvalue weighted by Gasteiger charge is 2.47. The van der Waals surface area contributed by atoms with Gasteiger partial charge in [0.1, 0.15) is 5.82 Å². The lowest BCUT2D eigenvalue weighted by Gasteiger charge is -2.55. The van der Waals surface area contributed by atoms with E-state index in [1.54, 1.807) is 10.6 Å². The van der Waals surface area contributed by atoms with Crippen LogP contribution in [-0.4, -0.2) is 31.3 Å². The molecule has 29 heavy (non-hydrogen) atoms. The number of aromatic nitrogens is 5. The number of rotatable bonds is 3. The predicted molar refractivity (Wildman–Crippen MR) is 114 cm³/mol. The SMILES string of the molecule is CC1(C)CN(c2ccc3nnc(-c4cc(Cl)cc(Cl)c4)n3n2)[C@@H]1c1ccncc1. The van der Waals surface area contributed by atoms with Gasteiger partial charge in [0.15, 0.2) is 11.5 Å². The van der Waals surface area contributed by atoms with Crippen LogP contribution < -0.4 is 4.90 Å². The highest BCUT2D eigenvalue weighted by molar-refractivity contribution is 6.35. The Bertz CT molecular complexity index is 1180. The van der Waals surface area contributed by atoms with E-state index in [9.17, 15) is 0 Å². The molecular weight excluding hydrogens is 407 g/mol. The second-order valence-corrected chi connectivity index (χ2v) is 8.82. The Kier molecular flexibility index (Phi) is 4.22. The Labute approximate surface area is 178 Å². The molecule has 146 valence electrons. The summed E-state index contributed by atoms with van der Waals surface area (Å²) in [5, 5.41) is 14.5. The second-order valence-electron chi connectivity index (χ2n) is 7.94. The van der Waals surface area contributed by atoms with Crippen molar-refractivity contribution < 1.29 is 0 Å². The fraction of sp³-hybridized carbons (Fsp3) is 0.238. The zero-order chi connectivity index (χ0) is 20.2. The summed E-state index contributed by atoms with van der Waals surface area (Å²) in [5.74, 6) is 1.47. The van der Waals surface area contributed by atoms with Crippen LogP contribution in [0.25, 0.3) is 17.0 Å². The van der Waals surface area contributed by atoms with E-state index in [0.717, 1.165) is 17.9 Å². The molecule has 1 aliphatic rings. The quantitative estimate of drug-likeness (QED) is 0.458. The van der Waals surface area contributed by atoms with Gasteiger partial charge >= 0.3 is 0 Å². The Morgan fingerprint density at radius 1 is 0.966 bits per heavy atom. The van der Waals surface area contributed by atoms with Gasteiger partial charge in [0.25, 0.3) is 0 Å². The third-order valence-electron chi connectivity index (χ3n) is 5.32. The summed E-state index contributed by atoms with van der Waals surface area (Å²) in [5.41, 5.74) is 2.80. The van der Waals surface area contributed by atoms with Crippen LogP contribution in [0, 0.1) is 5.41 Å². The van der Waals surface area contributed by atoms with Crippen LogP contribution in [0.2, 0.25) is 10.0 Å². The van der Waals surface area contributed by atoms with Gasteiger partial charge in [-0.25, -0.2) is 0 Å². The Morgan fingerprint density at radius 3 is 2.38 bits per heavy atom. The Balaban J connectivity index is 1.58. The van der Waals surface area contributed by atoms with Gasteiger partial charge in [-0.2, -0.15) is 4.52 Å². The van der Waals surface area contributed by atoms with E-state index < -0.39 is 0 Å². The van der Waals surface area contributed by atoms with E-state index in [0.29, 0.717) is 21.5 Å². The van der Waals surface area contributed by atoms with E-state index >= 15 is 0 Å². The minimum atomic E-state index is 0.133. The van der Waals surface area contributed by atoms with Crippen molar-refractivity contribution in [2.75, 3.05) is 11.4 Å². The molecule has 0 spiro atoms. The van der Waals surface area contributed by atoms with Crippen LogP contribution in [-0.2, 0) is 0 Å². The van der Waals surface area contributed by atoms with Gasteiger partial charge in [-0.15, -0.1) is 15.3 Å². The fourth-order valence-electron chi connectivity index (χ4n) is 4.11. The molecule has 0 unspecified atom stereocenters. The monoisotopic (exact) mass is 424 g/mol. The van der Waals surface area contributed by atoms with Crippen molar-refractivity contribution in [1.82, 2.24) is 24.8 Å². The van der Waals surface area contributed by atoms with Crippen LogP contribution >= 0.6 is 23.2 Å². The second kappa shape index (κ2) is 6.68. The lowest BCUT2D eigenvalue weighted by atomic mass is 9.72. The normalized spacial score (nSPS) is 18.1. The van der Waals surface area contributed by atoms with Gasteiger partial charge in [-0.1, -0.05) is 37.0 Å². The fourth-order valence-corrected chi connectivity index (χ4v) is 4.64. The van der Waals surface area contributed by atoms with Crippen LogP contribution in [0.15, 0.2) is 54.9 Å². The van der Waals surface area contributed by atoms with Gasteiger partial charge < -0.3 is 4.90 Å². The minimum Gasteiger partial charge on any atom is -0.347 e. The van der Waals surface area contributed by atoms with Crippen molar-refractivity contribution in [2.24, 2.45) is 5.41 Å². The highest BCUT2D eigenvalue weighted by atomic mass is 35.5. The topological polar surface area (TPSA) is 59.2 Å². The number of pyridine rings is 1. The van der Waals surface area contributed by atoms with Crippen molar-refractivity contribution >= 4 is 34.7 Å². The molecule has 1 atom stereocenters. The number of fused-ring (bicyclic) bond motifs is 1. The van der Waals surface area contributed by atoms with Crippen molar-refractivity contribution in [3.05, 3.63) is 70.5 Å². The van der Waals surface area contributed by atoms with Crippen molar-refractivity contribution in [2.45, 2.75) is 19.9 Å². The summed E-state index contributed by atoms with van der Waals surface area (Å²) in [6, 6.07) is 13.6. The molecule has 1 aromatic carbocycles. The first-order valence-corrected chi connectivity index (χ1v) is 10.0. The first-order valence-electron chi connectivity index (χ1n) is 9.28. The molecule has 1 aliphatic heterocycles. The zero-order valence-electron chi connectivity index (χ0n) is 15.9. The van der Waals surface area contributed by atoms with Crippen LogP contribution in [0.4, 0.5) is 5.82 Å². The maximum atomic E-state index is 6.17. The third-order valence-corrected chi connectivity index (χ3v) is 5.75. The summed E-state index contributed by atoms with van der Waals surface area (Å²) in [4.78, 5) is 6.44. The van der Waals surface area contributed by atoms with Gasteiger partial charge in [0.05, 0.1) is 6.04 Å². The number of halogens is 2. The Morgan fingerprint density at radius 2 is 1.69 bits per heavy atom. The molecule has 4 heterocycles. The maximum Gasteiger partial charge on any atom is 0.185 e. The number of benzene rings is 1. The van der Waals surface area contributed by atoms with Gasteiger partial charge in [-0.05, 0) is 48.0 Å². The van der Waals surface area contributed by atoms with Crippen LogP contribution in [0.3, 0.4) is 0 Å². The first kappa shape index (κ1) is 18.3. The lowest BCUT2D eigenvalue weighted by molar-refractivity contribution is 0.178. The molecule has 0 amide bonds. The summed E-state index contributed by atoms with van der Waals surface area (Å²) < 4.78 is 1.74. The number of anilines is 1. The van der Waals surface area contributed by atoms with Gasteiger partial charge in [-0.3, -0.25) is 4.98 Å². The molecule has 0 aliphatic carbocycles. The molecule has 8 heteroatoms. The van der Waals surface area contributed by atoms with E-state index in [2.05, 4.69) is 46.1 Å². The molecule has 1 saturated heterocycles. The van der Waals surface area contributed by atoms with E-state index in [1.807, 2.05) is 36.7 Å². The number of nitrogens with zero attached hydrogens (tertiary/aromatic N) is 6. The predicted octanol–water partition coefficient (Wildman–Crippen LogP) is 5.08. The number of hydrogen-bond acceptors (Lipinski definition) is 5. The largest absolute Gasteiger partial charge is 0.347 e. The maximum absolute atomic E-state index is 6.17. The van der Waals surface area contributed by atoms with Crippen molar-refractivity contribution in [1.29, 1.82) is 0 Å². The van der Waals surface area contributed by atoms with Gasteiger partial charge in [0, 0.05) is 40.0 Å². The Hall–Kier alpha value is -2.70. The average molecular weight is 425 g/mol. The first-order chi connectivity index (χ1) is 13.9. The average Bonchev–Trinajstić information content (AvgIpc) is 3.09. The molecule has 5 rings (SSSR count). The summed E-state index contributed by atoms with van der Waals surface area (Å²) in [6.07, 6.45) is 3.67. The molecule has 3 aromatic heterocycles. The molecule has 0 bridgehead atoms. The van der Waals surface area contributed by atoms with E-state index in [4.69, 9.17) is 28.3 Å². The summed E-state index contributed by atoms with van der Waals surface area (Å²) >= 11 is 12.3. The standard InChI is InChI=1S/C21H18Cl2N6/c1-21(2)12-28(19(21)13-5-7-24-8-6-13)18-4-3-17-25-26-20(29(17)27-18)14-9-15(22)11-16(23)10-14/h3-11,19H,12H2,1-2H3/t19-/m1/s1. The van der Waals surface area contributed by atoms with E-state index in [-0.39, 0.29) is 11.5 Å². The van der Waals surface area contributed by atoms with Crippen LogP contribution in [0.1, 0.15) is 25.5 Å². The van der Waals surface area contributed by atoms with Gasteiger partial charge in [0.2, 0.25) is 0 Å². The molecule has 6 nitrogen and oxygen atoms in total. The smallest absolute Gasteiger partial charge is 0.185 e. The number of hydrogen-bond donors (Lipinski definition) is 0. The van der Waals surface area contributed by atoms with Crippen molar-refractivity contribution in [3.8, 4) is 11.4 Å². The zero-order valence-corrected chi connectivity index (χ0v) is 17.4. The summed E-state index contributed by atoms with van der Waals surface area (Å²) in [6.45, 7) is 5.44. The minimum absolute atomic E-state index is 0.133. The molecule has 4 aromatic rings. The highest BCUT2D eigenvalue weighted by Crippen LogP contribution is 2.49. The molecule has 0 radical (unpaired) electrons. The molecular formula is C21H18Cl2N6. The summed E-state index contributed by atoms with van der Waals surface area (Å²) in [7, 11) is 0. The molecule has 0 N–H and O–H groups in total. The van der Waals surface area contributed by atoms with Crippen molar-refractivity contribution in [3.63, 3.8) is 0 Å². The third kappa shape index (κ3) is 3.12. The van der Waals surface area contributed by atoms with Crippen LogP contribution in [0.5, 0.6) is 0 Å². The molecule has 0 saturated carbocycles. The molecule has 1 fully saturated rings. The lowest BCUT2D eigenvalue weighted by Crippen LogP contribution is -2.56.